The van der Waals surface area contributed by atoms with Crippen LogP contribution in [0.25, 0.3) is 6.08 Å². The van der Waals surface area contributed by atoms with Crippen molar-refractivity contribution in [2.24, 2.45) is 0 Å². The highest BCUT2D eigenvalue weighted by Gasteiger charge is 2.14. The summed E-state index contributed by atoms with van der Waals surface area (Å²) < 4.78 is 0. The van der Waals surface area contributed by atoms with E-state index in [1.54, 1.807) is 6.07 Å². The van der Waals surface area contributed by atoms with Gasteiger partial charge in [0.25, 0.3) is 0 Å². The molecular formula is C13H18OS. The predicted octanol–water partition coefficient (Wildman–Crippen LogP) is 3.63. The molecule has 0 fully saturated rings. The zero-order chi connectivity index (χ0) is 11.5. The van der Waals surface area contributed by atoms with Crippen LogP contribution in [0.4, 0.5) is 0 Å². The summed E-state index contributed by atoms with van der Waals surface area (Å²) in [5.74, 6) is 1.00. The van der Waals surface area contributed by atoms with Gasteiger partial charge < -0.3 is 5.11 Å². The Morgan fingerprint density at radius 2 is 2.00 bits per heavy atom. The summed E-state index contributed by atoms with van der Waals surface area (Å²) >= 11 is 4.10. The molecule has 82 valence electrons. The molecule has 15 heavy (non-hydrogen) atoms. The van der Waals surface area contributed by atoms with E-state index in [0.29, 0.717) is 11.5 Å². The van der Waals surface area contributed by atoms with Crippen molar-refractivity contribution in [3.05, 3.63) is 35.4 Å². The molecule has 0 atom stereocenters. The van der Waals surface area contributed by atoms with Crippen LogP contribution in [0.5, 0.6) is 5.75 Å². The first-order valence-electron chi connectivity index (χ1n) is 5.06. The third-order valence-corrected chi connectivity index (χ3v) is 2.51. The van der Waals surface area contributed by atoms with E-state index in [-0.39, 0.29) is 5.41 Å². The normalized spacial score (nSPS) is 12.3. The molecule has 0 aliphatic carbocycles. The van der Waals surface area contributed by atoms with Gasteiger partial charge in [-0.1, -0.05) is 39.0 Å². The van der Waals surface area contributed by atoms with E-state index in [2.05, 4.69) is 33.4 Å². The Hall–Kier alpha value is -0.890. The van der Waals surface area contributed by atoms with Crippen molar-refractivity contribution in [2.45, 2.75) is 26.2 Å². The van der Waals surface area contributed by atoms with Gasteiger partial charge in [-0.25, -0.2) is 0 Å². The number of thiol groups is 1. The van der Waals surface area contributed by atoms with Gasteiger partial charge in [0.2, 0.25) is 0 Å². The molecule has 0 unspecified atom stereocenters. The van der Waals surface area contributed by atoms with E-state index in [0.717, 1.165) is 5.56 Å². The molecule has 1 N–H and O–H groups in total. The maximum absolute atomic E-state index is 9.65. The highest BCUT2D eigenvalue weighted by Crippen LogP contribution is 2.27. The average Bonchev–Trinajstić information content (AvgIpc) is 2.15. The minimum absolute atomic E-state index is 0.108. The van der Waals surface area contributed by atoms with Crippen molar-refractivity contribution in [3.63, 3.8) is 0 Å². The summed E-state index contributed by atoms with van der Waals surface area (Å²) in [4.78, 5) is 0. The van der Waals surface area contributed by atoms with Gasteiger partial charge in [-0.05, 0) is 23.1 Å². The van der Waals surface area contributed by atoms with Gasteiger partial charge in [-0.3, -0.25) is 0 Å². The Bertz CT molecular complexity index is 361. The third kappa shape index (κ3) is 3.31. The van der Waals surface area contributed by atoms with E-state index in [4.69, 9.17) is 0 Å². The average molecular weight is 222 g/mol. The smallest absolute Gasteiger partial charge is 0.122 e. The van der Waals surface area contributed by atoms with Gasteiger partial charge in [0.15, 0.2) is 0 Å². The molecule has 0 bridgehead atoms. The molecule has 0 amide bonds. The van der Waals surface area contributed by atoms with Crippen LogP contribution in [0, 0.1) is 0 Å². The second kappa shape index (κ2) is 4.75. The Morgan fingerprint density at radius 1 is 1.33 bits per heavy atom. The van der Waals surface area contributed by atoms with Crippen molar-refractivity contribution in [2.75, 3.05) is 5.75 Å². The number of phenolic OH excluding ortho intramolecular Hbond substituents is 1. The summed E-state index contributed by atoms with van der Waals surface area (Å²) in [6.45, 7) is 6.47. The number of rotatable bonds is 2. The minimum atomic E-state index is 0.108. The standard InChI is InChI=1S/C13H18OS/c1-13(2,3)11-6-7-12(14)10(9-11)5-4-8-15/h4-7,9,14-15H,8H2,1-3H3. The molecule has 0 heterocycles. The van der Waals surface area contributed by atoms with Crippen molar-refractivity contribution < 1.29 is 5.11 Å². The molecule has 0 aromatic heterocycles. The molecule has 1 rings (SSSR count). The minimum Gasteiger partial charge on any atom is -0.507 e. The van der Waals surface area contributed by atoms with Crippen LogP contribution < -0.4 is 0 Å². The van der Waals surface area contributed by atoms with Crippen LogP contribution in [0.1, 0.15) is 31.9 Å². The summed E-state index contributed by atoms with van der Waals surface area (Å²) in [5.41, 5.74) is 2.19. The van der Waals surface area contributed by atoms with Crippen LogP contribution >= 0.6 is 12.6 Å². The van der Waals surface area contributed by atoms with Gasteiger partial charge in [0, 0.05) is 11.3 Å². The fraction of sp³-hybridized carbons (Fsp3) is 0.385. The van der Waals surface area contributed by atoms with Gasteiger partial charge in [-0.2, -0.15) is 12.6 Å². The topological polar surface area (TPSA) is 20.2 Å². The second-order valence-electron chi connectivity index (χ2n) is 4.61. The highest BCUT2D eigenvalue weighted by atomic mass is 32.1. The van der Waals surface area contributed by atoms with E-state index in [1.807, 2.05) is 24.3 Å². The zero-order valence-corrected chi connectivity index (χ0v) is 10.4. The molecule has 0 aliphatic rings. The maximum Gasteiger partial charge on any atom is 0.122 e. The summed E-state index contributed by atoms with van der Waals surface area (Å²) in [6.07, 6.45) is 3.82. The second-order valence-corrected chi connectivity index (χ2v) is 4.97. The Morgan fingerprint density at radius 3 is 2.53 bits per heavy atom. The molecule has 0 saturated carbocycles. The predicted molar refractivity (Wildman–Crippen MR) is 69.7 cm³/mol. The van der Waals surface area contributed by atoms with Gasteiger partial charge in [0.05, 0.1) is 0 Å². The summed E-state index contributed by atoms with van der Waals surface area (Å²) in [5, 5.41) is 9.65. The van der Waals surface area contributed by atoms with E-state index < -0.39 is 0 Å². The van der Waals surface area contributed by atoms with Gasteiger partial charge >= 0.3 is 0 Å². The Kier molecular flexibility index (Phi) is 3.86. The third-order valence-electron chi connectivity index (χ3n) is 2.30. The molecule has 1 aromatic carbocycles. The van der Waals surface area contributed by atoms with Crippen molar-refractivity contribution in [3.8, 4) is 5.75 Å². The molecule has 0 spiro atoms. The zero-order valence-electron chi connectivity index (χ0n) is 9.49. The fourth-order valence-corrected chi connectivity index (χ4v) is 1.44. The van der Waals surface area contributed by atoms with Crippen LogP contribution in [-0.2, 0) is 5.41 Å². The lowest BCUT2D eigenvalue weighted by molar-refractivity contribution is 0.472. The SMILES string of the molecule is CC(C)(C)c1ccc(O)c(C=CCS)c1. The van der Waals surface area contributed by atoms with Gasteiger partial charge in [0.1, 0.15) is 5.75 Å². The molecule has 1 nitrogen and oxygen atoms in total. The molecule has 1 aromatic rings. The first-order chi connectivity index (χ1) is 6.95. The van der Waals surface area contributed by atoms with E-state index in [9.17, 15) is 5.11 Å². The number of hydrogen-bond donors (Lipinski definition) is 2. The molecular weight excluding hydrogens is 204 g/mol. The monoisotopic (exact) mass is 222 g/mol. The maximum atomic E-state index is 9.65. The summed E-state index contributed by atoms with van der Waals surface area (Å²) in [6, 6.07) is 5.74. The van der Waals surface area contributed by atoms with Gasteiger partial charge in [-0.15, -0.1) is 0 Å². The Balaban J connectivity index is 3.11. The number of hydrogen-bond acceptors (Lipinski definition) is 2. The lowest BCUT2D eigenvalue weighted by atomic mass is 9.86. The van der Waals surface area contributed by atoms with E-state index in [1.165, 1.54) is 5.56 Å². The van der Waals surface area contributed by atoms with E-state index >= 15 is 0 Å². The number of aromatic hydroxyl groups is 1. The Labute approximate surface area is 97.2 Å². The number of phenols is 1. The fourth-order valence-electron chi connectivity index (χ4n) is 1.33. The summed E-state index contributed by atoms with van der Waals surface area (Å²) in [7, 11) is 0. The van der Waals surface area contributed by atoms with Crippen LogP contribution in [-0.4, -0.2) is 10.9 Å². The van der Waals surface area contributed by atoms with Crippen LogP contribution in [0.3, 0.4) is 0 Å². The lowest BCUT2D eigenvalue weighted by Gasteiger charge is -2.19. The quantitative estimate of drug-likeness (QED) is 0.732. The first kappa shape index (κ1) is 12.2. The lowest BCUT2D eigenvalue weighted by Crippen LogP contribution is -2.10. The van der Waals surface area contributed by atoms with Crippen molar-refractivity contribution in [1.29, 1.82) is 0 Å². The molecule has 0 aliphatic heterocycles. The highest BCUT2D eigenvalue weighted by molar-refractivity contribution is 7.80. The largest absolute Gasteiger partial charge is 0.507 e. The molecule has 2 heteroatoms. The number of benzene rings is 1. The molecule has 0 radical (unpaired) electrons. The first-order valence-corrected chi connectivity index (χ1v) is 5.69. The van der Waals surface area contributed by atoms with Crippen LogP contribution in [0.15, 0.2) is 24.3 Å². The molecule has 0 saturated heterocycles. The van der Waals surface area contributed by atoms with Crippen molar-refractivity contribution >= 4 is 18.7 Å². The van der Waals surface area contributed by atoms with Crippen molar-refractivity contribution in [1.82, 2.24) is 0 Å². The van der Waals surface area contributed by atoms with Crippen LogP contribution in [0.2, 0.25) is 0 Å².